The number of carboxylic acids is 1. The van der Waals surface area contributed by atoms with Gasteiger partial charge in [0.15, 0.2) is 0 Å². The van der Waals surface area contributed by atoms with Gasteiger partial charge in [0.1, 0.15) is 6.04 Å². The maximum Gasteiger partial charge on any atom is 0.326 e. The van der Waals surface area contributed by atoms with Crippen LogP contribution >= 0.6 is 0 Å². The Bertz CT molecular complexity index is 459. The third kappa shape index (κ3) is 5.56. The van der Waals surface area contributed by atoms with E-state index in [9.17, 15) is 9.59 Å². The molecule has 0 aromatic heterocycles. The minimum Gasteiger partial charge on any atom is -0.480 e. The van der Waals surface area contributed by atoms with E-state index in [0.29, 0.717) is 6.42 Å². The Labute approximate surface area is 118 Å². The molecule has 1 aromatic carbocycles. The number of urea groups is 1. The third-order valence-corrected chi connectivity index (χ3v) is 2.77. The van der Waals surface area contributed by atoms with Crippen LogP contribution in [0.4, 0.5) is 4.79 Å². The lowest BCUT2D eigenvalue weighted by Gasteiger charge is -2.17. The van der Waals surface area contributed by atoms with Crippen LogP contribution in [0.15, 0.2) is 43.0 Å². The number of benzene rings is 1. The van der Waals surface area contributed by atoms with Gasteiger partial charge in [0, 0.05) is 6.04 Å². The SMILES string of the molecule is C=CCC(NC(=O)NC(C)Cc1ccccc1)C(=O)O. The minimum atomic E-state index is -1.07. The topological polar surface area (TPSA) is 78.4 Å². The van der Waals surface area contributed by atoms with Crippen molar-refractivity contribution in [1.82, 2.24) is 10.6 Å². The van der Waals surface area contributed by atoms with Gasteiger partial charge in [-0.1, -0.05) is 36.4 Å². The van der Waals surface area contributed by atoms with Crippen LogP contribution in [0.25, 0.3) is 0 Å². The van der Waals surface area contributed by atoms with Crippen molar-refractivity contribution in [2.45, 2.75) is 31.8 Å². The van der Waals surface area contributed by atoms with E-state index in [0.717, 1.165) is 5.56 Å². The summed E-state index contributed by atoms with van der Waals surface area (Å²) < 4.78 is 0. The van der Waals surface area contributed by atoms with Gasteiger partial charge in [-0.25, -0.2) is 9.59 Å². The number of aliphatic carboxylic acids is 1. The van der Waals surface area contributed by atoms with E-state index in [1.165, 1.54) is 6.08 Å². The van der Waals surface area contributed by atoms with Crippen LogP contribution in [0.5, 0.6) is 0 Å². The highest BCUT2D eigenvalue weighted by Gasteiger charge is 2.18. The molecule has 0 aliphatic heterocycles. The monoisotopic (exact) mass is 276 g/mol. The number of rotatable bonds is 7. The molecule has 0 aliphatic rings. The third-order valence-electron chi connectivity index (χ3n) is 2.77. The lowest BCUT2D eigenvalue weighted by molar-refractivity contribution is -0.139. The number of hydrogen-bond acceptors (Lipinski definition) is 2. The zero-order valence-corrected chi connectivity index (χ0v) is 11.5. The van der Waals surface area contributed by atoms with Crippen molar-refractivity contribution in [3.8, 4) is 0 Å². The molecule has 0 bridgehead atoms. The summed E-state index contributed by atoms with van der Waals surface area (Å²) >= 11 is 0. The molecule has 0 aliphatic carbocycles. The smallest absolute Gasteiger partial charge is 0.326 e. The maximum absolute atomic E-state index is 11.7. The second-order valence-electron chi connectivity index (χ2n) is 4.62. The Balaban J connectivity index is 2.44. The molecular weight excluding hydrogens is 256 g/mol. The van der Waals surface area contributed by atoms with Gasteiger partial charge in [-0.3, -0.25) is 0 Å². The second kappa shape index (κ2) is 7.99. The molecule has 0 fully saturated rings. The summed E-state index contributed by atoms with van der Waals surface area (Å²) in [5.41, 5.74) is 1.11. The standard InChI is InChI=1S/C15H20N2O3/c1-3-7-13(14(18)19)17-15(20)16-11(2)10-12-8-5-4-6-9-12/h3-6,8-9,11,13H,1,7,10H2,2H3,(H,18,19)(H2,16,17,20). The van der Waals surface area contributed by atoms with E-state index in [4.69, 9.17) is 5.11 Å². The molecule has 0 spiro atoms. The second-order valence-corrected chi connectivity index (χ2v) is 4.62. The van der Waals surface area contributed by atoms with Gasteiger partial charge < -0.3 is 15.7 Å². The lowest BCUT2D eigenvalue weighted by Crippen LogP contribution is -2.48. The maximum atomic E-state index is 11.7. The Morgan fingerprint density at radius 1 is 1.30 bits per heavy atom. The first-order chi connectivity index (χ1) is 9.52. The van der Waals surface area contributed by atoms with Crippen molar-refractivity contribution in [2.24, 2.45) is 0 Å². The molecule has 0 saturated heterocycles. The fraction of sp³-hybridized carbons (Fsp3) is 0.333. The number of carboxylic acid groups (broad SMARTS) is 1. The minimum absolute atomic E-state index is 0.0874. The van der Waals surface area contributed by atoms with Gasteiger partial charge in [-0.15, -0.1) is 6.58 Å². The highest BCUT2D eigenvalue weighted by atomic mass is 16.4. The predicted molar refractivity (Wildman–Crippen MR) is 77.5 cm³/mol. The van der Waals surface area contributed by atoms with Gasteiger partial charge in [0.05, 0.1) is 0 Å². The Kier molecular flexibility index (Phi) is 6.29. The van der Waals surface area contributed by atoms with Crippen LogP contribution in [0.3, 0.4) is 0 Å². The van der Waals surface area contributed by atoms with E-state index in [1.54, 1.807) is 0 Å². The lowest BCUT2D eigenvalue weighted by atomic mass is 10.1. The van der Waals surface area contributed by atoms with E-state index in [2.05, 4.69) is 17.2 Å². The molecule has 20 heavy (non-hydrogen) atoms. The van der Waals surface area contributed by atoms with Crippen molar-refractivity contribution in [3.05, 3.63) is 48.6 Å². The predicted octanol–water partition coefficient (Wildman–Crippen LogP) is 1.95. The molecule has 2 amide bonds. The van der Waals surface area contributed by atoms with Crippen molar-refractivity contribution in [1.29, 1.82) is 0 Å². The molecule has 0 saturated carbocycles. The van der Waals surface area contributed by atoms with E-state index in [1.807, 2.05) is 37.3 Å². The van der Waals surface area contributed by atoms with Crippen molar-refractivity contribution in [3.63, 3.8) is 0 Å². The van der Waals surface area contributed by atoms with Crippen LogP contribution in [-0.4, -0.2) is 29.2 Å². The molecule has 5 heteroatoms. The van der Waals surface area contributed by atoms with Crippen LogP contribution in [0, 0.1) is 0 Å². The Morgan fingerprint density at radius 3 is 2.50 bits per heavy atom. The summed E-state index contributed by atoms with van der Waals surface area (Å²) in [7, 11) is 0. The Hall–Kier alpha value is -2.30. The number of nitrogens with one attached hydrogen (secondary N) is 2. The molecule has 0 radical (unpaired) electrons. The average Bonchev–Trinajstić information content (AvgIpc) is 2.38. The summed E-state index contributed by atoms with van der Waals surface area (Å²) in [5.74, 6) is -1.07. The zero-order valence-electron chi connectivity index (χ0n) is 11.5. The average molecular weight is 276 g/mol. The highest BCUT2D eigenvalue weighted by Crippen LogP contribution is 2.02. The van der Waals surface area contributed by atoms with Crippen molar-refractivity contribution >= 4 is 12.0 Å². The summed E-state index contributed by atoms with van der Waals surface area (Å²) in [6, 6.07) is 8.25. The van der Waals surface area contributed by atoms with Gasteiger partial charge in [0.2, 0.25) is 0 Å². The molecule has 2 atom stereocenters. The van der Waals surface area contributed by atoms with E-state index >= 15 is 0 Å². The van der Waals surface area contributed by atoms with E-state index < -0.39 is 18.0 Å². The molecule has 2 unspecified atom stereocenters. The number of hydrogen-bond donors (Lipinski definition) is 3. The van der Waals surface area contributed by atoms with Crippen LogP contribution in [0.2, 0.25) is 0 Å². The summed E-state index contributed by atoms with van der Waals surface area (Å²) in [5, 5.41) is 14.1. The molecular formula is C15H20N2O3. The molecule has 0 heterocycles. The normalized spacial score (nSPS) is 13.1. The van der Waals surface area contributed by atoms with Crippen molar-refractivity contribution in [2.75, 3.05) is 0 Å². The molecule has 1 rings (SSSR count). The Morgan fingerprint density at radius 2 is 1.95 bits per heavy atom. The van der Waals surface area contributed by atoms with E-state index in [-0.39, 0.29) is 12.5 Å². The largest absolute Gasteiger partial charge is 0.480 e. The fourth-order valence-electron chi connectivity index (χ4n) is 1.83. The molecule has 3 N–H and O–H groups in total. The quantitative estimate of drug-likeness (QED) is 0.666. The van der Waals surface area contributed by atoms with Crippen LogP contribution in [0.1, 0.15) is 18.9 Å². The molecule has 5 nitrogen and oxygen atoms in total. The fourth-order valence-corrected chi connectivity index (χ4v) is 1.83. The number of carbonyl (C=O) groups excluding carboxylic acids is 1. The van der Waals surface area contributed by atoms with Gasteiger partial charge in [0.25, 0.3) is 0 Å². The first-order valence-corrected chi connectivity index (χ1v) is 6.47. The zero-order chi connectivity index (χ0) is 15.0. The first kappa shape index (κ1) is 15.8. The highest BCUT2D eigenvalue weighted by molar-refractivity contribution is 5.82. The van der Waals surface area contributed by atoms with Gasteiger partial charge in [-0.2, -0.15) is 0 Å². The summed E-state index contributed by atoms with van der Waals surface area (Å²) in [6.45, 7) is 5.34. The van der Waals surface area contributed by atoms with Gasteiger partial charge >= 0.3 is 12.0 Å². The number of amides is 2. The van der Waals surface area contributed by atoms with Crippen molar-refractivity contribution < 1.29 is 14.7 Å². The molecule has 108 valence electrons. The first-order valence-electron chi connectivity index (χ1n) is 6.47. The van der Waals surface area contributed by atoms with Crippen LogP contribution in [-0.2, 0) is 11.2 Å². The van der Waals surface area contributed by atoms with Gasteiger partial charge in [-0.05, 0) is 25.3 Å². The number of carbonyl (C=O) groups is 2. The summed E-state index contributed by atoms with van der Waals surface area (Å²) in [4.78, 5) is 22.6. The van der Waals surface area contributed by atoms with Crippen LogP contribution < -0.4 is 10.6 Å². The summed E-state index contributed by atoms with van der Waals surface area (Å²) in [6.07, 6.45) is 2.34. The molecule has 1 aromatic rings.